The highest BCUT2D eigenvalue weighted by Gasteiger charge is 2.02. The molecule has 1 rings (SSSR count). The molecule has 6 heteroatoms. The first-order valence-corrected chi connectivity index (χ1v) is 7.20. The number of nitrogens with zero attached hydrogens (tertiary/aromatic N) is 3. The minimum Gasteiger partial charge on any atom is -0.294 e. The highest BCUT2D eigenvalue weighted by atomic mass is 32.2. The number of aromatic amines is 1. The predicted octanol–water partition coefficient (Wildman–Crippen LogP) is 2.28. The summed E-state index contributed by atoms with van der Waals surface area (Å²) in [4.78, 5) is 26.4. The monoisotopic (exact) mass is 268 g/mol. The summed E-state index contributed by atoms with van der Waals surface area (Å²) in [5, 5.41) is 0.505. The lowest BCUT2D eigenvalue weighted by Crippen LogP contribution is -2.16. The second-order valence-electron chi connectivity index (χ2n) is 4.34. The van der Waals surface area contributed by atoms with E-state index in [0.717, 1.165) is 19.3 Å². The van der Waals surface area contributed by atoms with Gasteiger partial charge in [-0.25, -0.2) is 9.78 Å². The van der Waals surface area contributed by atoms with Crippen LogP contribution in [0.3, 0.4) is 0 Å². The van der Waals surface area contributed by atoms with Crippen LogP contribution < -0.4 is 5.69 Å². The van der Waals surface area contributed by atoms with Gasteiger partial charge in [0.1, 0.15) is 5.82 Å². The van der Waals surface area contributed by atoms with Crippen molar-refractivity contribution in [2.75, 3.05) is 5.88 Å². The summed E-state index contributed by atoms with van der Waals surface area (Å²) >= 11 is 1.38. The van der Waals surface area contributed by atoms with Crippen molar-refractivity contribution < 1.29 is 0 Å². The maximum absolute atomic E-state index is 11.4. The molecule has 5 nitrogen and oxygen atoms in total. The fraction of sp³-hybridized carbons (Fsp3) is 0.667. The van der Waals surface area contributed by atoms with Crippen molar-refractivity contribution in [1.29, 1.82) is 0 Å². The molecule has 0 aliphatic carbocycles. The highest BCUT2D eigenvalue weighted by Crippen LogP contribution is 2.11. The van der Waals surface area contributed by atoms with Crippen molar-refractivity contribution >= 4 is 18.0 Å². The minimum absolute atomic E-state index is 0.327. The second-order valence-corrected chi connectivity index (χ2v) is 5.25. The zero-order valence-electron chi connectivity index (χ0n) is 11.1. The Morgan fingerprint density at radius 1 is 1.44 bits per heavy atom. The maximum atomic E-state index is 11.4. The smallest absolute Gasteiger partial charge is 0.294 e. The van der Waals surface area contributed by atoms with Crippen molar-refractivity contribution in [3.63, 3.8) is 0 Å². The Labute approximate surface area is 112 Å². The molecule has 0 aromatic carbocycles. The van der Waals surface area contributed by atoms with Gasteiger partial charge in [0.25, 0.3) is 0 Å². The number of aromatic nitrogens is 3. The molecule has 0 saturated heterocycles. The maximum Gasteiger partial charge on any atom is 0.348 e. The number of unbranched alkanes of at least 4 members (excludes halogenated alkanes) is 1. The van der Waals surface area contributed by atoms with Crippen molar-refractivity contribution in [2.24, 2.45) is 10.9 Å². The zero-order chi connectivity index (χ0) is 13.4. The molecular weight excluding hydrogens is 248 g/mol. The summed E-state index contributed by atoms with van der Waals surface area (Å²) in [6, 6.07) is 0. The topological polar surface area (TPSA) is 71.0 Å². The van der Waals surface area contributed by atoms with Crippen LogP contribution in [0.2, 0.25) is 0 Å². The molecule has 0 aliphatic heterocycles. The van der Waals surface area contributed by atoms with E-state index in [2.05, 4.69) is 40.7 Å². The second kappa shape index (κ2) is 8.02. The number of rotatable bonds is 7. The largest absolute Gasteiger partial charge is 0.348 e. The molecule has 18 heavy (non-hydrogen) atoms. The van der Waals surface area contributed by atoms with E-state index in [4.69, 9.17) is 0 Å². The molecule has 0 unspecified atom stereocenters. The number of aryl methyl sites for hydroxylation is 1. The van der Waals surface area contributed by atoms with E-state index in [1.807, 2.05) is 6.21 Å². The number of aliphatic imine (C=N–C) groups is 1. The van der Waals surface area contributed by atoms with Gasteiger partial charge in [-0.15, -0.1) is 0 Å². The number of nitrogens with one attached hydrogen (secondary N) is 1. The molecule has 0 atom stereocenters. The van der Waals surface area contributed by atoms with Gasteiger partial charge in [-0.3, -0.25) is 9.98 Å². The van der Waals surface area contributed by atoms with Crippen molar-refractivity contribution in [2.45, 2.75) is 45.2 Å². The molecule has 1 aromatic rings. The quantitative estimate of drug-likeness (QED) is 0.608. The summed E-state index contributed by atoms with van der Waals surface area (Å²) < 4.78 is 0. The van der Waals surface area contributed by atoms with Gasteiger partial charge in [0, 0.05) is 12.6 Å². The van der Waals surface area contributed by atoms with E-state index in [1.165, 1.54) is 11.8 Å². The van der Waals surface area contributed by atoms with E-state index in [-0.39, 0.29) is 5.69 Å². The van der Waals surface area contributed by atoms with Crippen LogP contribution in [0.25, 0.3) is 0 Å². The molecule has 0 spiro atoms. The van der Waals surface area contributed by atoms with Gasteiger partial charge in [-0.1, -0.05) is 39.0 Å². The number of thioether (sulfide) groups is 1. The van der Waals surface area contributed by atoms with Gasteiger partial charge < -0.3 is 0 Å². The van der Waals surface area contributed by atoms with Crippen LogP contribution in [0.5, 0.6) is 0 Å². The van der Waals surface area contributed by atoms with Crippen LogP contribution >= 0.6 is 11.8 Å². The molecule has 1 heterocycles. The van der Waals surface area contributed by atoms with Crippen LogP contribution in [0, 0.1) is 5.92 Å². The van der Waals surface area contributed by atoms with Gasteiger partial charge in [0.15, 0.2) is 5.16 Å². The van der Waals surface area contributed by atoms with Gasteiger partial charge in [-0.2, -0.15) is 4.98 Å². The molecule has 0 bridgehead atoms. The zero-order valence-corrected chi connectivity index (χ0v) is 12.0. The Morgan fingerprint density at radius 3 is 2.89 bits per heavy atom. The van der Waals surface area contributed by atoms with Crippen LogP contribution in [0.4, 0.5) is 0 Å². The molecule has 1 N–H and O–H groups in total. The van der Waals surface area contributed by atoms with E-state index >= 15 is 0 Å². The van der Waals surface area contributed by atoms with E-state index in [0.29, 0.717) is 22.8 Å². The third kappa shape index (κ3) is 5.95. The normalized spacial score (nSPS) is 11.6. The number of H-pyrrole nitrogens is 1. The predicted molar refractivity (Wildman–Crippen MR) is 75.3 cm³/mol. The fourth-order valence-corrected chi connectivity index (χ4v) is 1.88. The first kappa shape index (κ1) is 14.9. The van der Waals surface area contributed by atoms with Crippen molar-refractivity contribution in [3.8, 4) is 0 Å². The van der Waals surface area contributed by atoms with Crippen LogP contribution in [-0.4, -0.2) is 27.0 Å². The summed E-state index contributed by atoms with van der Waals surface area (Å²) in [5.74, 6) is 1.70. The Bertz CT molecular complexity index is 442. The lowest BCUT2D eigenvalue weighted by atomic mass is 10.2. The molecule has 1 aromatic heterocycles. The van der Waals surface area contributed by atoms with E-state index in [9.17, 15) is 4.79 Å². The van der Waals surface area contributed by atoms with Crippen LogP contribution in [-0.2, 0) is 6.42 Å². The van der Waals surface area contributed by atoms with Gasteiger partial charge in [0.2, 0.25) is 0 Å². The average Bonchev–Trinajstić information content (AvgIpc) is 2.31. The third-order valence-corrected chi connectivity index (χ3v) is 2.84. The summed E-state index contributed by atoms with van der Waals surface area (Å²) in [6.45, 7) is 6.25. The van der Waals surface area contributed by atoms with Gasteiger partial charge in [-0.05, 0) is 12.3 Å². The molecule has 0 fully saturated rings. The lowest BCUT2D eigenvalue weighted by Gasteiger charge is -2.01. The molecule has 0 radical (unpaired) electrons. The molecular formula is C12H20N4OS. The summed E-state index contributed by atoms with van der Waals surface area (Å²) in [6.07, 6.45) is 4.77. The Balaban J connectivity index is 2.59. The van der Waals surface area contributed by atoms with Gasteiger partial charge in [0.05, 0.1) is 5.88 Å². The average molecular weight is 268 g/mol. The Hall–Kier alpha value is -1.17. The van der Waals surface area contributed by atoms with Gasteiger partial charge >= 0.3 is 5.69 Å². The first-order chi connectivity index (χ1) is 8.61. The van der Waals surface area contributed by atoms with Crippen LogP contribution in [0.15, 0.2) is 14.9 Å². The molecule has 0 aliphatic rings. The summed E-state index contributed by atoms with van der Waals surface area (Å²) in [7, 11) is 0. The Morgan fingerprint density at radius 2 is 2.22 bits per heavy atom. The molecule has 100 valence electrons. The molecule has 0 amide bonds. The number of hydrogen-bond donors (Lipinski definition) is 1. The highest BCUT2D eigenvalue weighted by molar-refractivity contribution is 7.99. The van der Waals surface area contributed by atoms with Crippen LogP contribution in [0.1, 0.15) is 39.4 Å². The third-order valence-electron chi connectivity index (χ3n) is 2.12. The fourth-order valence-electron chi connectivity index (χ4n) is 1.28. The Kier molecular flexibility index (Phi) is 6.64. The SMILES string of the molecule is CCCCc1nc(SCN=CC(C)C)nc(=O)[nH]1. The van der Waals surface area contributed by atoms with Crippen molar-refractivity contribution in [1.82, 2.24) is 15.0 Å². The molecule has 0 saturated carbocycles. The first-order valence-electron chi connectivity index (χ1n) is 6.21. The van der Waals surface area contributed by atoms with E-state index < -0.39 is 0 Å². The van der Waals surface area contributed by atoms with Crippen molar-refractivity contribution in [3.05, 3.63) is 16.3 Å². The number of hydrogen-bond acceptors (Lipinski definition) is 5. The standard InChI is InChI=1S/C12H20N4OS/c1-4-5-6-10-14-11(17)16-12(15-10)18-8-13-7-9(2)3/h7,9H,4-6,8H2,1-3H3,(H,14,15,16,17). The summed E-state index contributed by atoms with van der Waals surface area (Å²) in [5.41, 5.74) is -0.327. The van der Waals surface area contributed by atoms with E-state index in [1.54, 1.807) is 0 Å². The minimum atomic E-state index is -0.327. The lowest BCUT2D eigenvalue weighted by molar-refractivity contribution is 0.708.